The summed E-state index contributed by atoms with van der Waals surface area (Å²) in [7, 11) is 2.03. The van der Waals surface area contributed by atoms with Crippen LogP contribution in [0.25, 0.3) is 5.65 Å². The summed E-state index contributed by atoms with van der Waals surface area (Å²) in [5, 5.41) is 4.96. The molecule has 6 rings (SSSR count). The van der Waals surface area contributed by atoms with Gasteiger partial charge in [-0.15, -0.1) is 0 Å². The first kappa shape index (κ1) is 23.0. The first-order chi connectivity index (χ1) is 17.6. The molecule has 0 radical (unpaired) electrons. The number of carbonyl (C=O) groups excluding carboxylic acids is 1. The Morgan fingerprint density at radius 1 is 1.00 bits per heavy atom. The molecule has 0 N–H and O–H groups in total. The van der Waals surface area contributed by atoms with Crippen molar-refractivity contribution >= 4 is 23.2 Å². The van der Waals surface area contributed by atoms with E-state index in [0.29, 0.717) is 32.1 Å². The largest absolute Gasteiger partial charge is 0.490 e. The molecule has 3 aromatic rings. The Morgan fingerprint density at radius 2 is 1.89 bits per heavy atom. The molecule has 190 valence electrons. The second kappa shape index (κ2) is 9.57. The summed E-state index contributed by atoms with van der Waals surface area (Å²) in [6.45, 7) is 4.39. The van der Waals surface area contributed by atoms with E-state index in [1.54, 1.807) is 0 Å². The zero-order valence-corrected chi connectivity index (χ0v) is 20.5. The first-order valence-corrected chi connectivity index (χ1v) is 12.8. The van der Waals surface area contributed by atoms with Gasteiger partial charge in [0.2, 0.25) is 0 Å². The SMILES string of the molecule is CN1CCOCCOc2ccc(F)cc2C(=O)N2CCCCC2c2cc3nc(N4CCC4)cc1n3n2. The Kier molecular flexibility index (Phi) is 6.12. The molecule has 2 saturated heterocycles. The molecule has 1 amide bonds. The van der Waals surface area contributed by atoms with Crippen molar-refractivity contribution in [2.24, 2.45) is 0 Å². The molecule has 0 spiro atoms. The molecule has 9 nitrogen and oxygen atoms in total. The van der Waals surface area contributed by atoms with Crippen LogP contribution < -0.4 is 14.5 Å². The molecule has 1 atom stereocenters. The van der Waals surface area contributed by atoms with Crippen LogP contribution in [0.4, 0.5) is 16.0 Å². The lowest BCUT2D eigenvalue weighted by Gasteiger charge is -2.35. The molecule has 3 aliphatic heterocycles. The standard InChI is InChI=1S/C26H31FN6O3/c1-30-11-12-35-13-14-36-22-7-6-18(27)15-19(22)26(34)32-10-3-2-5-21(32)20-16-24-28-23(31-8-4-9-31)17-25(30)33(24)29-20/h6-7,15-17,21H,2-5,8-14H2,1H3. The van der Waals surface area contributed by atoms with E-state index in [2.05, 4.69) is 15.9 Å². The molecular formula is C26H31FN6O3. The fourth-order valence-corrected chi connectivity index (χ4v) is 5.17. The van der Waals surface area contributed by atoms with Crippen LogP contribution in [0, 0.1) is 5.82 Å². The van der Waals surface area contributed by atoms with Gasteiger partial charge in [-0.3, -0.25) is 4.79 Å². The van der Waals surface area contributed by atoms with Crippen molar-refractivity contribution in [2.75, 3.05) is 62.8 Å². The van der Waals surface area contributed by atoms with E-state index in [-0.39, 0.29) is 24.1 Å². The lowest BCUT2D eigenvalue weighted by atomic mass is 9.98. The van der Waals surface area contributed by atoms with Gasteiger partial charge in [-0.1, -0.05) is 0 Å². The summed E-state index contributed by atoms with van der Waals surface area (Å²) in [5.41, 5.74) is 1.79. The predicted molar refractivity (Wildman–Crippen MR) is 133 cm³/mol. The maximum absolute atomic E-state index is 14.2. The number of hydrogen-bond acceptors (Lipinski definition) is 7. The summed E-state index contributed by atoms with van der Waals surface area (Å²) in [5.74, 6) is 1.53. The highest BCUT2D eigenvalue weighted by Crippen LogP contribution is 2.35. The monoisotopic (exact) mass is 494 g/mol. The molecule has 3 aliphatic rings. The molecule has 10 heteroatoms. The molecule has 5 heterocycles. The maximum atomic E-state index is 14.2. The first-order valence-electron chi connectivity index (χ1n) is 12.8. The number of nitrogens with zero attached hydrogens (tertiary/aromatic N) is 6. The highest BCUT2D eigenvalue weighted by molar-refractivity contribution is 5.97. The van der Waals surface area contributed by atoms with Crippen LogP contribution in [0.3, 0.4) is 0 Å². The predicted octanol–water partition coefficient (Wildman–Crippen LogP) is 3.29. The van der Waals surface area contributed by atoms with E-state index in [4.69, 9.17) is 19.6 Å². The van der Waals surface area contributed by atoms with Crippen molar-refractivity contribution in [3.63, 3.8) is 0 Å². The summed E-state index contributed by atoms with van der Waals surface area (Å²) in [4.78, 5) is 24.9. The normalized spacial score (nSPS) is 21.2. The third-order valence-corrected chi connectivity index (χ3v) is 7.32. The van der Waals surface area contributed by atoms with E-state index in [1.165, 1.54) is 24.6 Å². The van der Waals surface area contributed by atoms with Crippen molar-refractivity contribution in [1.82, 2.24) is 19.5 Å². The van der Waals surface area contributed by atoms with Crippen LogP contribution in [-0.2, 0) is 4.74 Å². The zero-order valence-electron chi connectivity index (χ0n) is 20.5. The van der Waals surface area contributed by atoms with Crippen LogP contribution in [0.2, 0.25) is 0 Å². The average molecular weight is 495 g/mol. The average Bonchev–Trinajstić information content (AvgIpc) is 3.28. The van der Waals surface area contributed by atoms with Gasteiger partial charge < -0.3 is 24.2 Å². The van der Waals surface area contributed by atoms with E-state index in [0.717, 1.165) is 55.3 Å². The third-order valence-electron chi connectivity index (χ3n) is 7.32. The van der Waals surface area contributed by atoms with E-state index in [1.807, 2.05) is 22.5 Å². The number of ether oxygens (including phenoxy) is 2. The number of anilines is 2. The number of fused-ring (bicyclic) bond motifs is 4. The van der Waals surface area contributed by atoms with Gasteiger partial charge in [0.25, 0.3) is 5.91 Å². The van der Waals surface area contributed by atoms with Gasteiger partial charge >= 0.3 is 0 Å². The van der Waals surface area contributed by atoms with Gasteiger partial charge in [0, 0.05) is 45.4 Å². The quantitative estimate of drug-likeness (QED) is 0.514. The molecule has 0 saturated carbocycles. The minimum atomic E-state index is -0.465. The van der Waals surface area contributed by atoms with Gasteiger partial charge in [0.05, 0.1) is 30.5 Å². The second-order valence-electron chi connectivity index (χ2n) is 9.69. The van der Waals surface area contributed by atoms with Crippen molar-refractivity contribution in [3.05, 3.63) is 47.4 Å². The van der Waals surface area contributed by atoms with Crippen molar-refractivity contribution < 1.29 is 18.7 Å². The minimum absolute atomic E-state index is 0.217. The molecule has 2 bridgehead atoms. The van der Waals surface area contributed by atoms with Crippen molar-refractivity contribution in [2.45, 2.75) is 31.7 Å². The van der Waals surface area contributed by atoms with Crippen LogP contribution in [-0.4, -0.2) is 78.5 Å². The molecule has 1 unspecified atom stereocenters. The van der Waals surface area contributed by atoms with Gasteiger partial charge in [-0.25, -0.2) is 9.37 Å². The number of rotatable bonds is 1. The van der Waals surface area contributed by atoms with E-state index >= 15 is 0 Å². The number of benzene rings is 1. The van der Waals surface area contributed by atoms with Gasteiger partial charge in [-0.2, -0.15) is 9.61 Å². The second-order valence-corrected chi connectivity index (χ2v) is 9.69. The Balaban J connectivity index is 1.45. The van der Waals surface area contributed by atoms with Gasteiger partial charge in [-0.05, 0) is 43.9 Å². The highest BCUT2D eigenvalue weighted by Gasteiger charge is 2.33. The lowest BCUT2D eigenvalue weighted by Crippen LogP contribution is -2.39. The number of hydrogen-bond donors (Lipinski definition) is 0. The van der Waals surface area contributed by atoms with Crippen LogP contribution in [0.15, 0.2) is 30.3 Å². The number of piperidine rings is 1. The molecule has 36 heavy (non-hydrogen) atoms. The Labute approximate surface area is 209 Å². The molecule has 0 aliphatic carbocycles. The number of amides is 1. The third kappa shape index (κ3) is 4.23. The minimum Gasteiger partial charge on any atom is -0.490 e. The van der Waals surface area contributed by atoms with E-state index < -0.39 is 5.82 Å². The van der Waals surface area contributed by atoms with Crippen molar-refractivity contribution in [1.29, 1.82) is 0 Å². The maximum Gasteiger partial charge on any atom is 0.258 e. The number of carbonyl (C=O) groups is 1. The van der Waals surface area contributed by atoms with Crippen LogP contribution in [0.1, 0.15) is 47.8 Å². The number of halogens is 1. The fourth-order valence-electron chi connectivity index (χ4n) is 5.17. The van der Waals surface area contributed by atoms with Crippen molar-refractivity contribution in [3.8, 4) is 5.75 Å². The zero-order chi connectivity index (χ0) is 24.6. The summed E-state index contributed by atoms with van der Waals surface area (Å²) >= 11 is 0. The lowest BCUT2D eigenvalue weighted by molar-refractivity contribution is 0.0596. The smallest absolute Gasteiger partial charge is 0.258 e. The van der Waals surface area contributed by atoms with E-state index in [9.17, 15) is 9.18 Å². The number of aromatic nitrogens is 3. The van der Waals surface area contributed by atoms with Gasteiger partial charge in [0.15, 0.2) is 5.65 Å². The molecule has 1 aromatic carbocycles. The summed E-state index contributed by atoms with van der Waals surface area (Å²) in [6, 6.07) is 7.97. The van der Waals surface area contributed by atoms with Crippen LogP contribution in [0.5, 0.6) is 5.75 Å². The molecule has 2 fully saturated rings. The summed E-state index contributed by atoms with van der Waals surface area (Å²) in [6.07, 6.45) is 3.84. The molecular weight excluding hydrogens is 463 g/mol. The Bertz CT molecular complexity index is 1280. The summed E-state index contributed by atoms with van der Waals surface area (Å²) < 4.78 is 27.8. The Hall–Kier alpha value is -3.40. The van der Waals surface area contributed by atoms with Crippen LogP contribution >= 0.6 is 0 Å². The highest BCUT2D eigenvalue weighted by atomic mass is 19.1. The topological polar surface area (TPSA) is 75.4 Å². The Morgan fingerprint density at radius 3 is 2.72 bits per heavy atom. The fraction of sp³-hybridized carbons (Fsp3) is 0.500. The number of likely N-dealkylation sites (N-methyl/N-ethyl adjacent to an activating group) is 1. The molecule has 2 aromatic heterocycles. The van der Waals surface area contributed by atoms with Gasteiger partial charge in [0.1, 0.15) is 29.8 Å².